The molecule has 1 amide bonds. The summed E-state index contributed by atoms with van der Waals surface area (Å²) < 4.78 is 33.7. The summed E-state index contributed by atoms with van der Waals surface area (Å²) in [7, 11) is -0.584. The van der Waals surface area contributed by atoms with E-state index in [1.807, 2.05) is 24.3 Å². The lowest BCUT2D eigenvalue weighted by atomic mass is 10.1. The lowest BCUT2D eigenvalue weighted by molar-refractivity contribution is 0.0784. The van der Waals surface area contributed by atoms with Crippen molar-refractivity contribution in [1.82, 2.24) is 4.90 Å². The number of sulfonamides is 1. The monoisotopic (exact) mass is 424 g/mol. The van der Waals surface area contributed by atoms with Crippen LogP contribution in [0.4, 0.5) is 5.69 Å². The maximum atomic E-state index is 13.0. The highest BCUT2D eigenvalue weighted by atomic mass is 32.2. The molecule has 1 N–H and O–H groups in total. The summed E-state index contributed by atoms with van der Waals surface area (Å²) in [5, 5.41) is 0. The van der Waals surface area contributed by atoms with Crippen molar-refractivity contribution in [2.45, 2.75) is 18.4 Å². The summed E-state index contributed by atoms with van der Waals surface area (Å²) in [6, 6.07) is 20.8. The van der Waals surface area contributed by atoms with E-state index in [9.17, 15) is 13.2 Å². The third kappa shape index (κ3) is 4.80. The van der Waals surface area contributed by atoms with Crippen LogP contribution in [0.1, 0.15) is 21.5 Å². The van der Waals surface area contributed by atoms with Gasteiger partial charge in [-0.1, -0.05) is 42.5 Å². The van der Waals surface area contributed by atoms with Gasteiger partial charge in [0, 0.05) is 30.4 Å². The Bertz CT molecular complexity index is 1140. The fourth-order valence-corrected chi connectivity index (χ4v) is 4.45. The Morgan fingerprint density at radius 1 is 1.00 bits per heavy atom. The molecule has 0 bridgehead atoms. The number of hydrogen-bond donors (Lipinski definition) is 1. The van der Waals surface area contributed by atoms with Crippen LogP contribution in [0.5, 0.6) is 5.75 Å². The zero-order valence-corrected chi connectivity index (χ0v) is 17.9. The molecule has 156 valence electrons. The van der Waals surface area contributed by atoms with Gasteiger partial charge < -0.3 is 9.64 Å². The molecule has 30 heavy (non-hydrogen) atoms. The third-order valence-corrected chi connectivity index (χ3v) is 6.22. The van der Waals surface area contributed by atoms with E-state index < -0.39 is 10.0 Å². The van der Waals surface area contributed by atoms with Crippen LogP contribution in [0.3, 0.4) is 0 Å². The maximum Gasteiger partial charge on any atom is 0.262 e. The number of rotatable bonds is 7. The van der Waals surface area contributed by atoms with Gasteiger partial charge in [0.25, 0.3) is 15.9 Å². The number of carbonyl (C=O) groups excluding carboxylic acids is 1. The lowest BCUT2D eigenvalue weighted by Gasteiger charge is -2.20. The molecule has 7 heteroatoms. The maximum absolute atomic E-state index is 13.0. The van der Waals surface area contributed by atoms with Crippen molar-refractivity contribution < 1.29 is 17.9 Å². The second-order valence-corrected chi connectivity index (χ2v) is 8.58. The number of methoxy groups -OCH3 is 1. The number of para-hydroxylation sites is 2. The van der Waals surface area contributed by atoms with Gasteiger partial charge in [-0.15, -0.1) is 0 Å². The van der Waals surface area contributed by atoms with E-state index in [1.165, 1.54) is 11.0 Å². The molecule has 0 unspecified atom stereocenters. The average Bonchev–Trinajstić information content (AvgIpc) is 2.74. The number of nitrogens with one attached hydrogen (secondary N) is 1. The van der Waals surface area contributed by atoms with Crippen molar-refractivity contribution in [3.8, 4) is 5.75 Å². The molecule has 0 aliphatic carbocycles. The summed E-state index contributed by atoms with van der Waals surface area (Å²) in [4.78, 5) is 14.6. The molecule has 0 aliphatic rings. The molecule has 0 atom stereocenters. The third-order valence-electron chi connectivity index (χ3n) is 4.70. The molecule has 3 aromatic rings. The topological polar surface area (TPSA) is 75.7 Å². The second kappa shape index (κ2) is 9.00. The molecule has 0 aliphatic heterocycles. The number of amides is 1. The van der Waals surface area contributed by atoms with E-state index >= 15 is 0 Å². The van der Waals surface area contributed by atoms with Gasteiger partial charge in [0.05, 0.1) is 12.0 Å². The number of anilines is 1. The number of aryl methyl sites for hydroxylation is 1. The van der Waals surface area contributed by atoms with Crippen molar-refractivity contribution in [3.05, 3.63) is 89.5 Å². The minimum atomic E-state index is -3.84. The number of hydrogen-bond acceptors (Lipinski definition) is 4. The van der Waals surface area contributed by atoms with Crippen LogP contribution >= 0.6 is 0 Å². The van der Waals surface area contributed by atoms with E-state index in [0.717, 1.165) is 5.56 Å². The van der Waals surface area contributed by atoms with Crippen LogP contribution in [0, 0.1) is 6.92 Å². The molecule has 0 fully saturated rings. The molecule has 0 radical (unpaired) electrons. The average molecular weight is 425 g/mol. The fraction of sp³-hybridized carbons (Fsp3) is 0.174. The molecule has 0 aromatic heterocycles. The van der Waals surface area contributed by atoms with E-state index in [4.69, 9.17) is 4.74 Å². The van der Waals surface area contributed by atoms with E-state index in [2.05, 4.69) is 4.72 Å². The van der Waals surface area contributed by atoms with Crippen LogP contribution in [0.15, 0.2) is 77.7 Å². The molecular formula is C23H24N2O4S. The standard InChI is InChI=1S/C23H24N2O4S/c1-17-13-14-18(15-22(17)30(27,28)24-20-10-5-4-6-11-20)23(26)25(2)16-19-9-7-8-12-21(19)29-3/h4-15,24H,16H2,1-3H3. The molecule has 0 heterocycles. The number of ether oxygens (including phenoxy) is 1. The molecule has 0 saturated heterocycles. The SMILES string of the molecule is COc1ccccc1CN(C)C(=O)c1ccc(C)c(S(=O)(=O)Nc2ccccc2)c1. The van der Waals surface area contributed by atoms with Gasteiger partial charge in [-0.05, 0) is 42.8 Å². The van der Waals surface area contributed by atoms with Crippen molar-refractivity contribution in [2.24, 2.45) is 0 Å². The fourth-order valence-electron chi connectivity index (χ4n) is 3.12. The van der Waals surface area contributed by atoms with Crippen LogP contribution < -0.4 is 9.46 Å². The molecule has 0 spiro atoms. The molecule has 3 rings (SSSR count). The quantitative estimate of drug-likeness (QED) is 0.620. The Hall–Kier alpha value is -3.32. The summed E-state index contributed by atoms with van der Waals surface area (Å²) in [6.07, 6.45) is 0. The zero-order chi connectivity index (χ0) is 21.7. The second-order valence-electron chi connectivity index (χ2n) is 6.92. The summed E-state index contributed by atoms with van der Waals surface area (Å²) in [5.74, 6) is 0.411. The minimum Gasteiger partial charge on any atom is -0.496 e. The smallest absolute Gasteiger partial charge is 0.262 e. The molecular weight excluding hydrogens is 400 g/mol. The van der Waals surface area contributed by atoms with Crippen molar-refractivity contribution in [1.29, 1.82) is 0 Å². The first kappa shape index (κ1) is 21.4. The molecule has 0 saturated carbocycles. The van der Waals surface area contributed by atoms with Crippen LogP contribution in [-0.2, 0) is 16.6 Å². The van der Waals surface area contributed by atoms with Crippen LogP contribution in [0.25, 0.3) is 0 Å². The highest BCUT2D eigenvalue weighted by Crippen LogP contribution is 2.23. The summed E-state index contributed by atoms with van der Waals surface area (Å²) in [5.41, 5.74) is 2.18. The normalized spacial score (nSPS) is 11.0. The van der Waals surface area contributed by atoms with E-state index in [-0.39, 0.29) is 10.8 Å². The Morgan fingerprint density at radius 3 is 2.37 bits per heavy atom. The Morgan fingerprint density at radius 2 is 1.67 bits per heavy atom. The Balaban J connectivity index is 1.86. The first-order valence-corrected chi connectivity index (χ1v) is 10.9. The zero-order valence-electron chi connectivity index (χ0n) is 17.1. The van der Waals surface area contributed by atoms with Gasteiger partial charge in [0.15, 0.2) is 0 Å². The van der Waals surface area contributed by atoms with E-state index in [0.29, 0.717) is 29.1 Å². The van der Waals surface area contributed by atoms with Crippen LogP contribution in [0.2, 0.25) is 0 Å². The van der Waals surface area contributed by atoms with Crippen molar-refractivity contribution in [3.63, 3.8) is 0 Å². The lowest BCUT2D eigenvalue weighted by Crippen LogP contribution is -2.27. The predicted octanol–water partition coefficient (Wildman–Crippen LogP) is 4.08. The number of carbonyl (C=O) groups is 1. The Labute approximate surface area is 177 Å². The summed E-state index contributed by atoms with van der Waals surface area (Å²) >= 11 is 0. The molecule has 6 nitrogen and oxygen atoms in total. The largest absolute Gasteiger partial charge is 0.496 e. The summed E-state index contributed by atoms with van der Waals surface area (Å²) in [6.45, 7) is 2.04. The minimum absolute atomic E-state index is 0.0721. The number of benzene rings is 3. The van der Waals surface area contributed by atoms with Gasteiger partial charge in [-0.3, -0.25) is 9.52 Å². The van der Waals surface area contributed by atoms with Crippen LogP contribution in [-0.4, -0.2) is 33.4 Å². The predicted molar refractivity (Wildman–Crippen MR) is 117 cm³/mol. The first-order chi connectivity index (χ1) is 14.3. The molecule has 3 aromatic carbocycles. The Kier molecular flexibility index (Phi) is 6.42. The van der Waals surface area contributed by atoms with Gasteiger partial charge in [0.1, 0.15) is 5.75 Å². The van der Waals surface area contributed by atoms with Gasteiger partial charge in [0.2, 0.25) is 0 Å². The first-order valence-electron chi connectivity index (χ1n) is 9.37. The highest BCUT2D eigenvalue weighted by molar-refractivity contribution is 7.92. The van der Waals surface area contributed by atoms with Gasteiger partial charge in [-0.2, -0.15) is 0 Å². The highest BCUT2D eigenvalue weighted by Gasteiger charge is 2.21. The number of nitrogens with zero attached hydrogens (tertiary/aromatic N) is 1. The van der Waals surface area contributed by atoms with Crippen molar-refractivity contribution >= 4 is 21.6 Å². The van der Waals surface area contributed by atoms with E-state index in [1.54, 1.807) is 63.5 Å². The van der Waals surface area contributed by atoms with Gasteiger partial charge in [-0.25, -0.2) is 8.42 Å². The van der Waals surface area contributed by atoms with Gasteiger partial charge >= 0.3 is 0 Å². The van der Waals surface area contributed by atoms with Crippen molar-refractivity contribution in [2.75, 3.05) is 18.9 Å².